The van der Waals surface area contributed by atoms with Gasteiger partial charge >= 0.3 is 5.97 Å². The van der Waals surface area contributed by atoms with Crippen LogP contribution >= 0.6 is 11.6 Å². The highest BCUT2D eigenvalue weighted by Crippen LogP contribution is 2.42. The average Bonchev–Trinajstić information content (AvgIpc) is 2.36. The summed E-state index contributed by atoms with van der Waals surface area (Å²) in [5.74, 6) is -0.705. The second-order valence-corrected chi connectivity index (χ2v) is 4.30. The molecule has 0 radical (unpaired) electrons. The lowest BCUT2D eigenvalue weighted by Gasteiger charge is -2.18. The Morgan fingerprint density at radius 3 is 2.33 bits per heavy atom. The lowest BCUT2D eigenvalue weighted by molar-refractivity contribution is -0.138. The Morgan fingerprint density at radius 2 is 1.94 bits per heavy atom. The van der Waals surface area contributed by atoms with Crippen LogP contribution in [0.2, 0.25) is 5.02 Å². The number of carboxylic acids is 1. The highest BCUT2D eigenvalue weighted by molar-refractivity contribution is 6.33. The Balaban J connectivity index is 3.51. The summed E-state index contributed by atoms with van der Waals surface area (Å²) in [4.78, 5) is 11.1. The maximum absolute atomic E-state index is 11.1. The first-order valence-corrected chi connectivity index (χ1v) is 6.01. The van der Waals surface area contributed by atoms with E-state index in [0.29, 0.717) is 28.5 Å². The fourth-order valence-corrected chi connectivity index (χ4v) is 2.22. The molecule has 1 atom stereocenters. The Morgan fingerprint density at radius 1 is 1.39 bits per heavy atom. The maximum Gasteiger partial charge on any atom is 0.310 e. The monoisotopic (exact) mass is 272 g/mol. The first-order valence-electron chi connectivity index (χ1n) is 5.63. The number of benzene rings is 1. The molecule has 1 aromatic rings. The van der Waals surface area contributed by atoms with Crippen molar-refractivity contribution in [2.75, 3.05) is 14.2 Å². The maximum atomic E-state index is 11.1. The molecule has 0 aliphatic heterocycles. The summed E-state index contributed by atoms with van der Waals surface area (Å²) in [6.45, 7) is 3.55. The van der Waals surface area contributed by atoms with Crippen LogP contribution in [-0.4, -0.2) is 25.3 Å². The van der Waals surface area contributed by atoms with Crippen molar-refractivity contribution in [1.82, 2.24) is 0 Å². The Bertz CT molecular complexity index is 457. The molecule has 4 nitrogen and oxygen atoms in total. The molecule has 0 aromatic heterocycles. The van der Waals surface area contributed by atoms with Crippen molar-refractivity contribution in [3.63, 3.8) is 0 Å². The number of methoxy groups -OCH3 is 2. The van der Waals surface area contributed by atoms with E-state index in [0.717, 1.165) is 5.56 Å². The first kappa shape index (κ1) is 14.6. The molecule has 1 unspecified atom stereocenters. The van der Waals surface area contributed by atoms with E-state index in [1.165, 1.54) is 14.2 Å². The van der Waals surface area contributed by atoms with Gasteiger partial charge in [0.25, 0.3) is 0 Å². The van der Waals surface area contributed by atoms with E-state index in [1.807, 2.05) is 6.92 Å². The van der Waals surface area contributed by atoms with Crippen LogP contribution in [0.25, 0.3) is 0 Å². The summed E-state index contributed by atoms with van der Waals surface area (Å²) in [6, 6.07) is 1.78. The van der Waals surface area contributed by atoms with Crippen molar-refractivity contribution in [3.05, 3.63) is 22.2 Å². The Kier molecular flexibility index (Phi) is 4.84. The predicted molar refractivity (Wildman–Crippen MR) is 70.0 cm³/mol. The second-order valence-electron chi connectivity index (χ2n) is 3.92. The molecule has 1 aromatic carbocycles. The molecular formula is C13H17ClO4. The molecule has 0 aliphatic carbocycles. The number of aliphatic carboxylic acids is 1. The minimum absolute atomic E-state index is 0.322. The Hall–Kier alpha value is -1.42. The number of ether oxygens (including phenoxy) is 2. The zero-order valence-electron chi connectivity index (χ0n) is 10.9. The van der Waals surface area contributed by atoms with Gasteiger partial charge in [0.1, 0.15) is 16.5 Å². The van der Waals surface area contributed by atoms with Gasteiger partial charge in [-0.1, -0.05) is 18.5 Å². The van der Waals surface area contributed by atoms with E-state index in [2.05, 4.69) is 0 Å². The number of hydrogen-bond donors (Lipinski definition) is 1. The van der Waals surface area contributed by atoms with Crippen molar-refractivity contribution in [3.8, 4) is 11.5 Å². The van der Waals surface area contributed by atoms with E-state index < -0.39 is 11.9 Å². The smallest absolute Gasteiger partial charge is 0.310 e. The summed E-state index contributed by atoms with van der Waals surface area (Å²) in [5.41, 5.74) is 1.43. The molecule has 0 saturated carbocycles. The molecule has 1 rings (SSSR count). The van der Waals surface area contributed by atoms with E-state index >= 15 is 0 Å². The zero-order chi connectivity index (χ0) is 13.9. The number of hydrogen-bond acceptors (Lipinski definition) is 3. The molecule has 18 heavy (non-hydrogen) atoms. The normalized spacial score (nSPS) is 12.1. The van der Waals surface area contributed by atoms with Gasteiger partial charge < -0.3 is 14.6 Å². The van der Waals surface area contributed by atoms with Crippen molar-refractivity contribution >= 4 is 17.6 Å². The topological polar surface area (TPSA) is 55.8 Å². The van der Waals surface area contributed by atoms with Crippen LogP contribution in [0.3, 0.4) is 0 Å². The minimum atomic E-state index is -0.920. The number of halogens is 1. The number of rotatable bonds is 5. The molecule has 0 spiro atoms. The lowest BCUT2D eigenvalue weighted by Crippen LogP contribution is -2.10. The quantitative estimate of drug-likeness (QED) is 0.895. The van der Waals surface area contributed by atoms with Crippen LogP contribution in [0.4, 0.5) is 0 Å². The molecular weight excluding hydrogens is 256 g/mol. The number of carbonyl (C=O) groups is 1. The van der Waals surface area contributed by atoms with E-state index in [4.69, 9.17) is 26.2 Å². The summed E-state index contributed by atoms with van der Waals surface area (Å²) >= 11 is 6.20. The standard InChI is InChI=1S/C13H17ClO4/c1-5-8-6-9(7(2)13(15)16)12(18-4)10(14)11(8)17-3/h6-7H,5H2,1-4H3,(H,15,16). The van der Waals surface area contributed by atoms with Crippen molar-refractivity contribution in [1.29, 1.82) is 0 Å². The average molecular weight is 273 g/mol. The van der Waals surface area contributed by atoms with Crippen molar-refractivity contribution in [2.24, 2.45) is 0 Å². The van der Waals surface area contributed by atoms with Gasteiger partial charge in [0.2, 0.25) is 0 Å². The summed E-state index contributed by atoms with van der Waals surface area (Å²) in [5, 5.41) is 9.43. The Labute approximate surface area is 111 Å². The lowest BCUT2D eigenvalue weighted by atomic mass is 9.96. The van der Waals surface area contributed by atoms with Crippen LogP contribution in [0, 0.1) is 0 Å². The van der Waals surface area contributed by atoms with E-state index in [-0.39, 0.29) is 0 Å². The minimum Gasteiger partial charge on any atom is -0.495 e. The summed E-state index contributed by atoms with van der Waals surface area (Å²) < 4.78 is 10.5. The van der Waals surface area contributed by atoms with Gasteiger partial charge in [0, 0.05) is 5.56 Å². The van der Waals surface area contributed by atoms with Crippen molar-refractivity contribution in [2.45, 2.75) is 26.2 Å². The SMILES string of the molecule is CCc1cc(C(C)C(=O)O)c(OC)c(Cl)c1OC. The highest BCUT2D eigenvalue weighted by Gasteiger charge is 2.24. The second kappa shape index (κ2) is 5.96. The number of aryl methyl sites for hydroxylation is 1. The van der Waals surface area contributed by atoms with Gasteiger partial charge in [-0.3, -0.25) is 4.79 Å². The van der Waals surface area contributed by atoms with Gasteiger partial charge in [-0.2, -0.15) is 0 Å². The van der Waals surface area contributed by atoms with Crippen LogP contribution in [-0.2, 0) is 11.2 Å². The van der Waals surface area contributed by atoms with Crippen LogP contribution in [0.15, 0.2) is 6.07 Å². The zero-order valence-corrected chi connectivity index (χ0v) is 11.7. The molecule has 1 N–H and O–H groups in total. The van der Waals surface area contributed by atoms with Crippen LogP contribution in [0.1, 0.15) is 30.9 Å². The largest absolute Gasteiger partial charge is 0.495 e. The molecule has 0 aliphatic rings. The molecule has 5 heteroatoms. The van der Waals surface area contributed by atoms with Crippen molar-refractivity contribution < 1.29 is 19.4 Å². The van der Waals surface area contributed by atoms with Gasteiger partial charge in [-0.25, -0.2) is 0 Å². The fourth-order valence-electron chi connectivity index (χ4n) is 1.84. The van der Waals surface area contributed by atoms with Gasteiger partial charge in [0.15, 0.2) is 0 Å². The van der Waals surface area contributed by atoms with E-state index in [1.54, 1.807) is 13.0 Å². The highest BCUT2D eigenvalue weighted by atomic mass is 35.5. The molecule has 0 saturated heterocycles. The number of carboxylic acid groups (broad SMARTS) is 1. The fraction of sp³-hybridized carbons (Fsp3) is 0.462. The third kappa shape index (κ3) is 2.53. The first-order chi connectivity index (χ1) is 8.47. The molecule has 0 bridgehead atoms. The molecule has 100 valence electrons. The summed E-state index contributed by atoms with van der Waals surface area (Å²) in [7, 11) is 2.99. The van der Waals surface area contributed by atoms with Gasteiger partial charge in [-0.15, -0.1) is 0 Å². The van der Waals surface area contributed by atoms with Gasteiger partial charge in [0.05, 0.1) is 20.1 Å². The van der Waals surface area contributed by atoms with Crippen LogP contribution in [0.5, 0.6) is 11.5 Å². The van der Waals surface area contributed by atoms with Crippen LogP contribution < -0.4 is 9.47 Å². The summed E-state index contributed by atoms with van der Waals surface area (Å²) in [6.07, 6.45) is 0.701. The molecule has 0 heterocycles. The molecule has 0 fully saturated rings. The van der Waals surface area contributed by atoms with E-state index in [9.17, 15) is 4.79 Å². The molecule has 0 amide bonds. The predicted octanol–water partition coefficient (Wildman–Crippen LogP) is 3.11. The van der Waals surface area contributed by atoms with Gasteiger partial charge in [-0.05, 0) is 25.0 Å². The third-order valence-corrected chi connectivity index (χ3v) is 3.25. The third-order valence-electron chi connectivity index (χ3n) is 2.91.